The third kappa shape index (κ3) is 3.47. The average molecular weight is 338 g/mol. The van der Waals surface area contributed by atoms with Crippen LogP contribution in [0.1, 0.15) is 23.8 Å². The molecule has 1 nitrogen and oxygen atoms in total. The largest absolute Gasteiger partial charge is 0.319 e. The summed E-state index contributed by atoms with van der Waals surface area (Å²) in [4.78, 5) is 1.44. The molecule has 0 bridgehead atoms. The second-order valence-corrected chi connectivity index (χ2v) is 6.85. The van der Waals surface area contributed by atoms with Crippen molar-refractivity contribution < 1.29 is 0 Å². The fraction of sp³-hybridized carbons (Fsp3) is 0.375. The molecule has 0 amide bonds. The molecule has 0 saturated heterocycles. The number of nitrogens with one attached hydrogen (secondary N) is 1. The molecule has 0 fully saturated rings. The summed E-state index contributed by atoms with van der Waals surface area (Å²) in [6.45, 7) is 3.29. The summed E-state index contributed by atoms with van der Waals surface area (Å²) in [6, 6.07) is 13.1. The monoisotopic (exact) mass is 337 g/mol. The first-order valence-corrected chi connectivity index (χ1v) is 8.30. The summed E-state index contributed by atoms with van der Waals surface area (Å²) >= 11 is 5.39. The van der Waals surface area contributed by atoms with E-state index in [9.17, 15) is 0 Å². The molecule has 1 heterocycles. The van der Waals surface area contributed by atoms with E-state index in [-0.39, 0.29) is 5.41 Å². The summed E-state index contributed by atoms with van der Waals surface area (Å²) < 4.78 is 1.19. The van der Waals surface area contributed by atoms with E-state index in [0.29, 0.717) is 0 Å². The molecular weight excluding hydrogens is 318 g/mol. The number of thiophene rings is 1. The van der Waals surface area contributed by atoms with Crippen molar-refractivity contribution in [2.24, 2.45) is 0 Å². The Balaban J connectivity index is 2.34. The van der Waals surface area contributed by atoms with Crippen molar-refractivity contribution in [2.45, 2.75) is 25.2 Å². The molecule has 2 rings (SSSR count). The smallest absolute Gasteiger partial charge is 0.0285 e. The first-order chi connectivity index (χ1) is 9.20. The number of likely N-dealkylation sites (N-methyl/N-ethyl adjacent to an activating group) is 1. The van der Waals surface area contributed by atoms with Crippen molar-refractivity contribution in [2.75, 3.05) is 13.6 Å². The van der Waals surface area contributed by atoms with Crippen LogP contribution in [0.2, 0.25) is 0 Å². The Labute approximate surface area is 128 Å². The fourth-order valence-electron chi connectivity index (χ4n) is 2.63. The Bertz CT molecular complexity index is 508. The molecule has 0 spiro atoms. The van der Waals surface area contributed by atoms with Crippen molar-refractivity contribution in [3.05, 3.63) is 56.7 Å². The van der Waals surface area contributed by atoms with Gasteiger partial charge in [0.1, 0.15) is 0 Å². The van der Waals surface area contributed by atoms with Gasteiger partial charge in [-0.05, 0) is 47.4 Å². The maximum Gasteiger partial charge on any atom is 0.0285 e. The summed E-state index contributed by atoms with van der Waals surface area (Å²) in [5.41, 5.74) is 1.61. The SMILES string of the molecule is CCC(CNC)(Cc1cc(Br)cs1)c1ccccc1. The zero-order valence-corrected chi connectivity index (χ0v) is 13.9. The lowest BCUT2D eigenvalue weighted by atomic mass is 9.75. The molecule has 0 aliphatic heterocycles. The van der Waals surface area contributed by atoms with Gasteiger partial charge in [0.2, 0.25) is 0 Å². The van der Waals surface area contributed by atoms with E-state index in [2.05, 4.69) is 69.9 Å². The van der Waals surface area contributed by atoms with Crippen molar-refractivity contribution in [1.82, 2.24) is 5.32 Å². The van der Waals surface area contributed by atoms with E-state index in [1.807, 2.05) is 18.4 Å². The maximum absolute atomic E-state index is 3.55. The summed E-state index contributed by atoms with van der Waals surface area (Å²) in [7, 11) is 2.04. The highest BCUT2D eigenvalue weighted by atomic mass is 79.9. The summed E-state index contributed by atoms with van der Waals surface area (Å²) in [5, 5.41) is 5.54. The number of halogens is 1. The number of rotatable bonds is 6. The van der Waals surface area contributed by atoms with Gasteiger partial charge in [0, 0.05) is 26.7 Å². The highest BCUT2D eigenvalue weighted by molar-refractivity contribution is 9.10. The average Bonchev–Trinajstić information content (AvgIpc) is 2.84. The van der Waals surface area contributed by atoms with E-state index < -0.39 is 0 Å². The molecule has 1 unspecified atom stereocenters. The molecule has 0 aliphatic rings. The lowest BCUT2D eigenvalue weighted by Crippen LogP contribution is -2.38. The fourth-order valence-corrected chi connectivity index (χ4v) is 4.23. The molecule has 102 valence electrons. The topological polar surface area (TPSA) is 12.0 Å². The Morgan fingerprint density at radius 3 is 2.53 bits per heavy atom. The second kappa shape index (κ2) is 6.69. The zero-order valence-electron chi connectivity index (χ0n) is 11.4. The molecule has 1 aromatic carbocycles. The van der Waals surface area contributed by atoms with Crippen LogP contribution in [0.15, 0.2) is 46.3 Å². The van der Waals surface area contributed by atoms with Crippen LogP contribution in [0, 0.1) is 0 Å². The minimum atomic E-state index is 0.181. The minimum Gasteiger partial charge on any atom is -0.319 e. The molecule has 0 aliphatic carbocycles. The van der Waals surface area contributed by atoms with Crippen LogP contribution in [-0.4, -0.2) is 13.6 Å². The summed E-state index contributed by atoms with van der Waals surface area (Å²) in [5.74, 6) is 0. The van der Waals surface area contributed by atoms with E-state index in [0.717, 1.165) is 19.4 Å². The van der Waals surface area contributed by atoms with Gasteiger partial charge in [-0.2, -0.15) is 0 Å². The van der Waals surface area contributed by atoms with Crippen LogP contribution >= 0.6 is 27.3 Å². The minimum absolute atomic E-state index is 0.181. The number of hydrogen-bond acceptors (Lipinski definition) is 2. The van der Waals surface area contributed by atoms with E-state index in [1.165, 1.54) is 14.9 Å². The highest BCUT2D eigenvalue weighted by Crippen LogP contribution is 2.34. The lowest BCUT2D eigenvalue weighted by Gasteiger charge is -2.33. The van der Waals surface area contributed by atoms with E-state index in [4.69, 9.17) is 0 Å². The predicted octanol–water partition coefficient (Wildman–Crippen LogP) is 4.62. The van der Waals surface area contributed by atoms with Gasteiger partial charge in [0.15, 0.2) is 0 Å². The first-order valence-electron chi connectivity index (χ1n) is 6.63. The predicted molar refractivity (Wildman–Crippen MR) is 88.1 cm³/mol. The Kier molecular flexibility index (Phi) is 5.20. The highest BCUT2D eigenvalue weighted by Gasteiger charge is 2.30. The molecule has 19 heavy (non-hydrogen) atoms. The number of benzene rings is 1. The Morgan fingerprint density at radius 1 is 1.26 bits per heavy atom. The molecule has 3 heteroatoms. The Morgan fingerprint density at radius 2 is 2.00 bits per heavy atom. The van der Waals surface area contributed by atoms with Gasteiger partial charge >= 0.3 is 0 Å². The van der Waals surface area contributed by atoms with E-state index >= 15 is 0 Å². The van der Waals surface area contributed by atoms with Crippen molar-refractivity contribution in [3.8, 4) is 0 Å². The van der Waals surface area contributed by atoms with Gasteiger partial charge in [-0.3, -0.25) is 0 Å². The zero-order chi connectivity index (χ0) is 13.7. The standard InChI is InChI=1S/C16H20BrNS/c1-3-16(12-18-2,13-7-5-4-6-8-13)10-15-9-14(17)11-19-15/h4-9,11,18H,3,10,12H2,1-2H3. The molecule has 0 saturated carbocycles. The van der Waals surface area contributed by atoms with Gasteiger partial charge in [-0.25, -0.2) is 0 Å². The van der Waals surface area contributed by atoms with Crippen LogP contribution in [0.25, 0.3) is 0 Å². The molecule has 1 aromatic heterocycles. The normalized spacial score (nSPS) is 14.3. The maximum atomic E-state index is 3.55. The van der Waals surface area contributed by atoms with Crippen LogP contribution in [0.3, 0.4) is 0 Å². The third-order valence-corrected chi connectivity index (χ3v) is 5.41. The van der Waals surface area contributed by atoms with Crippen LogP contribution in [0.5, 0.6) is 0 Å². The molecule has 2 aromatic rings. The van der Waals surface area contributed by atoms with Gasteiger partial charge in [0.05, 0.1) is 0 Å². The summed E-state index contributed by atoms with van der Waals surface area (Å²) in [6.07, 6.45) is 2.22. The van der Waals surface area contributed by atoms with Crippen LogP contribution in [0.4, 0.5) is 0 Å². The van der Waals surface area contributed by atoms with Crippen molar-refractivity contribution >= 4 is 27.3 Å². The quantitative estimate of drug-likeness (QED) is 0.810. The number of hydrogen-bond donors (Lipinski definition) is 1. The van der Waals surface area contributed by atoms with Gasteiger partial charge in [-0.15, -0.1) is 11.3 Å². The van der Waals surface area contributed by atoms with Crippen LogP contribution in [-0.2, 0) is 11.8 Å². The van der Waals surface area contributed by atoms with Gasteiger partial charge < -0.3 is 5.32 Å². The van der Waals surface area contributed by atoms with Crippen molar-refractivity contribution in [3.63, 3.8) is 0 Å². The third-order valence-electron chi connectivity index (χ3n) is 3.71. The molecular formula is C16H20BrNS. The molecule has 1 atom stereocenters. The lowest BCUT2D eigenvalue weighted by molar-refractivity contribution is 0.393. The molecule has 0 radical (unpaired) electrons. The van der Waals surface area contributed by atoms with Crippen molar-refractivity contribution in [1.29, 1.82) is 0 Å². The van der Waals surface area contributed by atoms with E-state index in [1.54, 1.807) is 0 Å². The van der Waals surface area contributed by atoms with Crippen LogP contribution < -0.4 is 5.32 Å². The Hall–Kier alpha value is -0.640. The van der Waals surface area contributed by atoms with Gasteiger partial charge in [-0.1, -0.05) is 37.3 Å². The van der Waals surface area contributed by atoms with Gasteiger partial charge in [0.25, 0.3) is 0 Å². The molecule has 1 N–H and O–H groups in total. The first kappa shape index (κ1) is 14.8. The second-order valence-electron chi connectivity index (χ2n) is 4.94.